The maximum Gasteiger partial charge on any atom is 0.269 e. The Balaban J connectivity index is 1.83. The number of nitro groups is 1. The molecule has 0 bridgehead atoms. The first-order chi connectivity index (χ1) is 12.7. The highest BCUT2D eigenvalue weighted by Gasteiger charge is 2.04. The topological polar surface area (TPSA) is 98.5 Å². The van der Waals surface area contributed by atoms with Crippen LogP contribution in [0.2, 0.25) is 0 Å². The van der Waals surface area contributed by atoms with Crippen molar-refractivity contribution in [1.82, 2.24) is 0 Å². The summed E-state index contributed by atoms with van der Waals surface area (Å²) in [4.78, 5) is 10.1. The minimum Gasteiger partial charge on any atom is -0.491 e. The summed E-state index contributed by atoms with van der Waals surface area (Å²) in [6, 6.07) is 5.92. The van der Waals surface area contributed by atoms with Crippen LogP contribution >= 0.6 is 0 Å². The van der Waals surface area contributed by atoms with Gasteiger partial charge in [-0.05, 0) is 12.1 Å². The lowest BCUT2D eigenvalue weighted by molar-refractivity contribution is -0.384. The Hall–Kier alpha value is -1.78. The molecule has 0 saturated carbocycles. The Labute approximate surface area is 153 Å². The number of methoxy groups -OCH3 is 1. The molecule has 0 heterocycles. The highest BCUT2D eigenvalue weighted by Crippen LogP contribution is 2.16. The van der Waals surface area contributed by atoms with Crippen LogP contribution in [-0.4, -0.2) is 78.1 Å². The Morgan fingerprint density at radius 1 is 0.731 bits per heavy atom. The van der Waals surface area contributed by atoms with Gasteiger partial charge >= 0.3 is 0 Å². The molecule has 0 spiro atoms. The number of non-ortho nitro benzene ring substituents is 1. The van der Waals surface area contributed by atoms with E-state index in [1.165, 1.54) is 12.1 Å². The lowest BCUT2D eigenvalue weighted by Gasteiger charge is -2.08. The standard InChI is InChI=1S/C17H27NO8/c1-21-6-7-22-8-9-23-10-11-24-12-13-25-14-15-26-17-4-2-16(3-5-17)18(19)20/h2-5H,6-15H2,1H3. The molecule has 0 aliphatic rings. The summed E-state index contributed by atoms with van der Waals surface area (Å²) in [6.07, 6.45) is 0. The Kier molecular flexibility index (Phi) is 13.2. The van der Waals surface area contributed by atoms with E-state index >= 15 is 0 Å². The van der Waals surface area contributed by atoms with Gasteiger partial charge in [0.15, 0.2) is 0 Å². The molecule has 0 radical (unpaired) electrons. The van der Waals surface area contributed by atoms with Crippen LogP contribution in [0, 0.1) is 10.1 Å². The highest BCUT2D eigenvalue weighted by molar-refractivity contribution is 5.35. The van der Waals surface area contributed by atoms with Crippen LogP contribution in [0.3, 0.4) is 0 Å². The maximum absolute atomic E-state index is 10.5. The van der Waals surface area contributed by atoms with E-state index in [4.69, 9.17) is 28.4 Å². The summed E-state index contributed by atoms with van der Waals surface area (Å²) in [5.74, 6) is 0.568. The first kappa shape index (κ1) is 22.3. The molecule has 9 heteroatoms. The number of hydrogen-bond donors (Lipinski definition) is 0. The summed E-state index contributed by atoms with van der Waals surface area (Å²) < 4.78 is 31.6. The minimum absolute atomic E-state index is 0.0355. The van der Waals surface area contributed by atoms with Crippen LogP contribution in [0.4, 0.5) is 5.69 Å². The normalized spacial score (nSPS) is 10.8. The summed E-state index contributed by atoms with van der Waals surface area (Å²) >= 11 is 0. The predicted molar refractivity (Wildman–Crippen MR) is 93.7 cm³/mol. The fourth-order valence-corrected chi connectivity index (χ4v) is 1.79. The van der Waals surface area contributed by atoms with E-state index in [0.29, 0.717) is 71.8 Å². The van der Waals surface area contributed by atoms with Crippen molar-refractivity contribution in [3.8, 4) is 5.75 Å². The van der Waals surface area contributed by atoms with Crippen molar-refractivity contribution < 1.29 is 33.3 Å². The van der Waals surface area contributed by atoms with Gasteiger partial charge in [0.25, 0.3) is 5.69 Å². The Bertz CT molecular complexity index is 468. The van der Waals surface area contributed by atoms with E-state index < -0.39 is 4.92 Å². The number of rotatable bonds is 17. The summed E-state index contributed by atoms with van der Waals surface area (Å²) in [6.45, 7) is 4.96. The fourth-order valence-electron chi connectivity index (χ4n) is 1.79. The largest absolute Gasteiger partial charge is 0.491 e. The molecule has 0 saturated heterocycles. The lowest BCUT2D eigenvalue weighted by Crippen LogP contribution is -2.14. The second kappa shape index (κ2) is 15.5. The van der Waals surface area contributed by atoms with Crippen molar-refractivity contribution in [1.29, 1.82) is 0 Å². The van der Waals surface area contributed by atoms with Gasteiger partial charge in [-0.3, -0.25) is 10.1 Å². The molecule has 0 amide bonds. The molecule has 0 atom stereocenters. The zero-order chi connectivity index (χ0) is 18.9. The van der Waals surface area contributed by atoms with Crippen LogP contribution in [0.5, 0.6) is 5.75 Å². The van der Waals surface area contributed by atoms with E-state index in [1.54, 1.807) is 19.2 Å². The third kappa shape index (κ3) is 11.7. The van der Waals surface area contributed by atoms with Crippen molar-refractivity contribution in [2.24, 2.45) is 0 Å². The maximum atomic E-state index is 10.5. The molecule has 0 N–H and O–H groups in total. The van der Waals surface area contributed by atoms with E-state index in [0.717, 1.165) is 0 Å². The van der Waals surface area contributed by atoms with Gasteiger partial charge in [0.1, 0.15) is 12.4 Å². The zero-order valence-electron chi connectivity index (χ0n) is 15.1. The van der Waals surface area contributed by atoms with Gasteiger partial charge in [-0.25, -0.2) is 0 Å². The van der Waals surface area contributed by atoms with Gasteiger partial charge in [0, 0.05) is 19.2 Å². The van der Waals surface area contributed by atoms with Gasteiger partial charge in [0.05, 0.1) is 64.4 Å². The average Bonchev–Trinajstić information content (AvgIpc) is 2.65. The summed E-state index contributed by atoms with van der Waals surface area (Å²) in [5, 5.41) is 10.5. The van der Waals surface area contributed by atoms with Crippen molar-refractivity contribution in [3.05, 3.63) is 34.4 Å². The van der Waals surface area contributed by atoms with E-state index in [2.05, 4.69) is 0 Å². The molecule has 9 nitrogen and oxygen atoms in total. The second-order valence-corrected chi connectivity index (χ2v) is 5.04. The quantitative estimate of drug-likeness (QED) is 0.231. The highest BCUT2D eigenvalue weighted by atomic mass is 16.6. The number of hydrogen-bond acceptors (Lipinski definition) is 8. The van der Waals surface area contributed by atoms with Crippen molar-refractivity contribution in [3.63, 3.8) is 0 Å². The molecule has 0 unspecified atom stereocenters. The van der Waals surface area contributed by atoms with Crippen LogP contribution in [0.15, 0.2) is 24.3 Å². The van der Waals surface area contributed by atoms with Crippen LogP contribution in [0.25, 0.3) is 0 Å². The third-order valence-electron chi connectivity index (χ3n) is 3.09. The molecule has 0 aliphatic carbocycles. The first-order valence-corrected chi connectivity index (χ1v) is 8.41. The smallest absolute Gasteiger partial charge is 0.269 e. The molecular formula is C17H27NO8. The number of nitro benzene ring substituents is 1. The van der Waals surface area contributed by atoms with Crippen molar-refractivity contribution >= 4 is 5.69 Å². The fraction of sp³-hybridized carbons (Fsp3) is 0.647. The third-order valence-corrected chi connectivity index (χ3v) is 3.09. The van der Waals surface area contributed by atoms with Gasteiger partial charge in [-0.2, -0.15) is 0 Å². The van der Waals surface area contributed by atoms with Gasteiger partial charge < -0.3 is 28.4 Å². The van der Waals surface area contributed by atoms with Gasteiger partial charge in [-0.15, -0.1) is 0 Å². The van der Waals surface area contributed by atoms with E-state index in [9.17, 15) is 10.1 Å². The molecule has 1 aromatic rings. The number of nitrogens with zero attached hydrogens (tertiary/aromatic N) is 1. The molecule has 0 aliphatic heterocycles. The molecule has 0 fully saturated rings. The number of benzene rings is 1. The molecule has 26 heavy (non-hydrogen) atoms. The SMILES string of the molecule is COCCOCCOCCOCCOCCOc1ccc([N+](=O)[O-])cc1. The Morgan fingerprint density at radius 3 is 1.58 bits per heavy atom. The minimum atomic E-state index is -0.450. The molecule has 148 valence electrons. The molecular weight excluding hydrogens is 346 g/mol. The van der Waals surface area contributed by atoms with Crippen LogP contribution in [-0.2, 0) is 23.7 Å². The lowest BCUT2D eigenvalue weighted by atomic mass is 10.3. The summed E-state index contributed by atoms with van der Waals surface area (Å²) in [7, 11) is 1.63. The molecule has 1 aromatic carbocycles. The van der Waals surface area contributed by atoms with E-state index in [1.807, 2.05) is 0 Å². The predicted octanol–water partition coefficient (Wildman–Crippen LogP) is 1.69. The van der Waals surface area contributed by atoms with Gasteiger partial charge in [0.2, 0.25) is 0 Å². The van der Waals surface area contributed by atoms with E-state index in [-0.39, 0.29) is 5.69 Å². The van der Waals surface area contributed by atoms with Crippen molar-refractivity contribution in [2.75, 3.05) is 73.2 Å². The van der Waals surface area contributed by atoms with Gasteiger partial charge in [-0.1, -0.05) is 0 Å². The van der Waals surface area contributed by atoms with Crippen LogP contribution in [0.1, 0.15) is 0 Å². The monoisotopic (exact) mass is 373 g/mol. The van der Waals surface area contributed by atoms with Crippen LogP contribution < -0.4 is 4.74 Å². The Morgan fingerprint density at radius 2 is 1.15 bits per heavy atom. The van der Waals surface area contributed by atoms with Crippen molar-refractivity contribution in [2.45, 2.75) is 0 Å². The zero-order valence-corrected chi connectivity index (χ0v) is 15.1. The molecule has 0 aromatic heterocycles. The number of ether oxygens (including phenoxy) is 6. The summed E-state index contributed by atoms with van der Waals surface area (Å²) in [5.41, 5.74) is 0.0355. The molecule has 1 rings (SSSR count). The second-order valence-electron chi connectivity index (χ2n) is 5.04. The average molecular weight is 373 g/mol. The first-order valence-electron chi connectivity index (χ1n) is 8.41.